The second-order valence-electron chi connectivity index (χ2n) is 7.19. The molecule has 3 aromatic rings. The Hall–Kier alpha value is -3.46. The molecular weight excluding hydrogens is 429 g/mol. The molecule has 166 valence electrons. The topological polar surface area (TPSA) is 88.9 Å². The summed E-state index contributed by atoms with van der Waals surface area (Å²) in [6.07, 6.45) is 1.65. The molecule has 0 saturated heterocycles. The molecule has 1 aromatic heterocycles. The Kier molecular flexibility index (Phi) is 7.77. The van der Waals surface area contributed by atoms with E-state index >= 15 is 0 Å². The number of benzene rings is 2. The van der Waals surface area contributed by atoms with Crippen molar-refractivity contribution in [3.63, 3.8) is 0 Å². The van der Waals surface area contributed by atoms with E-state index in [0.717, 1.165) is 16.8 Å². The maximum Gasteiger partial charge on any atom is 0.234 e. The van der Waals surface area contributed by atoms with Crippen molar-refractivity contribution in [3.8, 4) is 0 Å². The molecule has 0 atom stereocenters. The Balaban J connectivity index is 1.62. The first-order valence-corrected chi connectivity index (χ1v) is 10.9. The first-order chi connectivity index (χ1) is 15.4. The third kappa shape index (κ3) is 6.27. The molecule has 32 heavy (non-hydrogen) atoms. The third-order valence-electron chi connectivity index (χ3n) is 4.54. The second-order valence-corrected chi connectivity index (χ2v) is 8.13. The van der Waals surface area contributed by atoms with Crippen LogP contribution in [0.5, 0.6) is 0 Å². The van der Waals surface area contributed by atoms with E-state index in [0.29, 0.717) is 23.2 Å². The van der Waals surface area contributed by atoms with E-state index in [4.69, 9.17) is 0 Å². The summed E-state index contributed by atoms with van der Waals surface area (Å²) >= 11 is 1.23. The van der Waals surface area contributed by atoms with Gasteiger partial charge in [0.05, 0.1) is 12.2 Å². The minimum absolute atomic E-state index is 0.0203. The Bertz CT molecular complexity index is 1130. The van der Waals surface area contributed by atoms with Crippen LogP contribution in [0.25, 0.3) is 0 Å². The standard InChI is InChI=1S/C23H24FN5O2S/c1-4-11-29-20(13-21(30)25-18-8-6-17(24)7-9-18)27-28-23(29)32-14-22(31)26-19-10-5-15(2)12-16(19)3/h4-10,12H,1,11,13-14H2,2-3H3,(H,25,30)(H,26,31). The molecule has 7 nitrogen and oxygen atoms in total. The molecule has 0 aliphatic heterocycles. The van der Waals surface area contributed by atoms with Crippen molar-refractivity contribution >= 4 is 35.0 Å². The molecule has 0 aliphatic carbocycles. The van der Waals surface area contributed by atoms with Crippen LogP contribution in [0.4, 0.5) is 15.8 Å². The monoisotopic (exact) mass is 453 g/mol. The number of aromatic nitrogens is 3. The van der Waals surface area contributed by atoms with Gasteiger partial charge in [-0.3, -0.25) is 9.59 Å². The van der Waals surface area contributed by atoms with Gasteiger partial charge in [-0.05, 0) is 49.7 Å². The van der Waals surface area contributed by atoms with Gasteiger partial charge in [-0.25, -0.2) is 4.39 Å². The number of amides is 2. The zero-order valence-electron chi connectivity index (χ0n) is 17.9. The van der Waals surface area contributed by atoms with E-state index in [1.54, 1.807) is 10.6 Å². The molecule has 0 bridgehead atoms. The van der Waals surface area contributed by atoms with Gasteiger partial charge >= 0.3 is 0 Å². The molecule has 2 aromatic carbocycles. The zero-order valence-corrected chi connectivity index (χ0v) is 18.7. The molecule has 0 saturated carbocycles. The summed E-state index contributed by atoms with van der Waals surface area (Å²) in [6.45, 7) is 8.08. The number of allylic oxidation sites excluding steroid dienone is 1. The lowest BCUT2D eigenvalue weighted by Gasteiger charge is -2.10. The van der Waals surface area contributed by atoms with Crippen molar-refractivity contribution in [2.75, 3.05) is 16.4 Å². The fraction of sp³-hybridized carbons (Fsp3) is 0.217. The molecule has 2 amide bonds. The average molecular weight is 454 g/mol. The van der Waals surface area contributed by atoms with Gasteiger partial charge in [0.15, 0.2) is 5.16 Å². The van der Waals surface area contributed by atoms with Crippen LogP contribution in [0, 0.1) is 19.7 Å². The summed E-state index contributed by atoms with van der Waals surface area (Å²) < 4.78 is 14.8. The Morgan fingerprint density at radius 1 is 1.09 bits per heavy atom. The molecule has 9 heteroatoms. The normalized spacial score (nSPS) is 10.6. The molecule has 2 N–H and O–H groups in total. The van der Waals surface area contributed by atoms with Gasteiger partial charge in [-0.15, -0.1) is 16.8 Å². The number of nitrogens with one attached hydrogen (secondary N) is 2. The van der Waals surface area contributed by atoms with Crippen molar-refractivity contribution < 1.29 is 14.0 Å². The van der Waals surface area contributed by atoms with Gasteiger partial charge in [-0.2, -0.15) is 0 Å². The lowest BCUT2D eigenvalue weighted by Crippen LogP contribution is -2.18. The number of carbonyl (C=O) groups excluding carboxylic acids is 2. The number of anilines is 2. The number of rotatable bonds is 9. The highest BCUT2D eigenvalue weighted by atomic mass is 32.2. The Morgan fingerprint density at radius 3 is 2.53 bits per heavy atom. The molecule has 3 rings (SSSR count). The summed E-state index contributed by atoms with van der Waals surface area (Å²) in [4.78, 5) is 24.8. The van der Waals surface area contributed by atoms with Gasteiger partial charge in [0.1, 0.15) is 11.6 Å². The SMILES string of the molecule is C=CCn1c(CC(=O)Nc2ccc(F)cc2)nnc1SCC(=O)Nc1ccc(C)cc1C. The maximum absolute atomic E-state index is 13.0. The molecule has 0 radical (unpaired) electrons. The number of aryl methyl sites for hydroxylation is 2. The number of hydrogen-bond donors (Lipinski definition) is 2. The Labute approximate surface area is 190 Å². The first kappa shape index (κ1) is 23.2. The average Bonchev–Trinajstić information content (AvgIpc) is 3.12. The molecule has 1 heterocycles. The van der Waals surface area contributed by atoms with E-state index in [-0.39, 0.29) is 29.8 Å². The zero-order chi connectivity index (χ0) is 23.1. The van der Waals surface area contributed by atoms with E-state index in [1.165, 1.54) is 36.0 Å². The second kappa shape index (κ2) is 10.7. The first-order valence-electron chi connectivity index (χ1n) is 9.94. The highest BCUT2D eigenvalue weighted by Gasteiger charge is 2.16. The maximum atomic E-state index is 13.0. The van der Waals surface area contributed by atoms with Gasteiger partial charge in [-0.1, -0.05) is 35.5 Å². The van der Waals surface area contributed by atoms with Crippen molar-refractivity contribution in [2.24, 2.45) is 0 Å². The van der Waals surface area contributed by atoms with Crippen molar-refractivity contribution in [2.45, 2.75) is 32.0 Å². The fourth-order valence-corrected chi connectivity index (χ4v) is 3.79. The predicted molar refractivity (Wildman–Crippen MR) is 124 cm³/mol. The number of hydrogen-bond acceptors (Lipinski definition) is 5. The Morgan fingerprint density at radius 2 is 1.84 bits per heavy atom. The van der Waals surface area contributed by atoms with Crippen LogP contribution in [-0.2, 0) is 22.6 Å². The fourth-order valence-electron chi connectivity index (χ4n) is 3.02. The number of carbonyl (C=O) groups is 2. The molecule has 0 spiro atoms. The summed E-state index contributed by atoms with van der Waals surface area (Å²) in [5.41, 5.74) is 3.38. The van der Waals surface area contributed by atoms with Crippen LogP contribution >= 0.6 is 11.8 Å². The van der Waals surface area contributed by atoms with Crippen molar-refractivity contribution in [1.29, 1.82) is 0 Å². The van der Waals surface area contributed by atoms with E-state index in [2.05, 4.69) is 27.4 Å². The van der Waals surface area contributed by atoms with E-state index in [1.807, 2.05) is 32.0 Å². The summed E-state index contributed by atoms with van der Waals surface area (Å²) in [5.74, 6) is -0.257. The van der Waals surface area contributed by atoms with Crippen molar-refractivity contribution in [3.05, 3.63) is 77.9 Å². The number of halogens is 1. The van der Waals surface area contributed by atoms with Crippen LogP contribution in [0.3, 0.4) is 0 Å². The van der Waals surface area contributed by atoms with Gasteiger partial charge in [0.2, 0.25) is 11.8 Å². The molecule has 0 fully saturated rings. The molecular formula is C23H24FN5O2S. The van der Waals surface area contributed by atoms with E-state index in [9.17, 15) is 14.0 Å². The highest BCUT2D eigenvalue weighted by Crippen LogP contribution is 2.20. The molecule has 0 aliphatic rings. The summed E-state index contributed by atoms with van der Waals surface area (Å²) in [7, 11) is 0. The largest absolute Gasteiger partial charge is 0.326 e. The van der Waals surface area contributed by atoms with Crippen LogP contribution in [0.15, 0.2) is 60.3 Å². The van der Waals surface area contributed by atoms with Crippen LogP contribution in [0.2, 0.25) is 0 Å². The lowest BCUT2D eigenvalue weighted by atomic mass is 10.1. The predicted octanol–water partition coefficient (Wildman–Crippen LogP) is 4.13. The van der Waals surface area contributed by atoms with Crippen molar-refractivity contribution in [1.82, 2.24) is 14.8 Å². The quantitative estimate of drug-likeness (QED) is 0.376. The van der Waals surface area contributed by atoms with Crippen LogP contribution in [0.1, 0.15) is 17.0 Å². The number of thioether (sulfide) groups is 1. The van der Waals surface area contributed by atoms with Crippen LogP contribution in [-0.4, -0.2) is 32.3 Å². The molecule has 0 unspecified atom stereocenters. The lowest BCUT2D eigenvalue weighted by molar-refractivity contribution is -0.116. The number of nitrogens with zero attached hydrogens (tertiary/aromatic N) is 3. The highest BCUT2D eigenvalue weighted by molar-refractivity contribution is 7.99. The van der Waals surface area contributed by atoms with E-state index < -0.39 is 0 Å². The van der Waals surface area contributed by atoms with Crippen LogP contribution < -0.4 is 10.6 Å². The smallest absolute Gasteiger partial charge is 0.234 e. The summed E-state index contributed by atoms with van der Waals surface area (Å²) in [6, 6.07) is 11.3. The van der Waals surface area contributed by atoms with Gasteiger partial charge in [0, 0.05) is 17.9 Å². The minimum atomic E-state index is -0.378. The van der Waals surface area contributed by atoms with Gasteiger partial charge < -0.3 is 15.2 Å². The summed E-state index contributed by atoms with van der Waals surface area (Å²) in [5, 5.41) is 14.4. The van der Waals surface area contributed by atoms with Gasteiger partial charge in [0.25, 0.3) is 0 Å². The minimum Gasteiger partial charge on any atom is -0.326 e. The third-order valence-corrected chi connectivity index (χ3v) is 5.51.